The number of nitrogen functional groups attached to an aromatic ring is 1. The van der Waals surface area contributed by atoms with E-state index in [0.29, 0.717) is 11.4 Å². The van der Waals surface area contributed by atoms with Crippen LogP contribution in [0.4, 0.5) is 5.69 Å². The van der Waals surface area contributed by atoms with Gasteiger partial charge in [-0.3, -0.25) is 4.79 Å². The highest BCUT2D eigenvalue weighted by Gasteiger charge is 2.25. The summed E-state index contributed by atoms with van der Waals surface area (Å²) in [7, 11) is 2.09. The Labute approximate surface area is 102 Å². The minimum atomic E-state index is 0.0458. The second-order valence-corrected chi connectivity index (χ2v) is 4.81. The number of H-pyrrole nitrogens is 1. The molecular weight excluding hydrogens is 216 g/mol. The van der Waals surface area contributed by atoms with Crippen LogP contribution in [0.5, 0.6) is 0 Å². The van der Waals surface area contributed by atoms with Crippen molar-refractivity contribution in [2.24, 2.45) is 0 Å². The predicted octanol–water partition coefficient (Wildman–Crippen LogP) is 0.763. The summed E-state index contributed by atoms with van der Waals surface area (Å²) in [5.74, 6) is 0.0458. The summed E-state index contributed by atoms with van der Waals surface area (Å²) in [4.78, 5) is 19.4. The Hall–Kier alpha value is -1.49. The van der Waals surface area contributed by atoms with Gasteiger partial charge in [-0.15, -0.1) is 0 Å². The average Bonchev–Trinajstić information content (AvgIpc) is 2.62. The lowest BCUT2D eigenvalue weighted by molar-refractivity contribution is 0.0691. The summed E-state index contributed by atoms with van der Waals surface area (Å²) in [5, 5.41) is 0. The van der Waals surface area contributed by atoms with Crippen molar-refractivity contribution in [3.63, 3.8) is 0 Å². The fraction of sp³-hybridized carbons (Fsp3) is 0.583. The third-order valence-corrected chi connectivity index (χ3v) is 3.24. The van der Waals surface area contributed by atoms with Gasteiger partial charge in [0.2, 0.25) is 0 Å². The number of nitrogens with zero attached hydrogens (tertiary/aromatic N) is 2. The number of likely N-dealkylation sites (N-methyl/N-ethyl adjacent to an activating group) is 1. The van der Waals surface area contributed by atoms with Crippen LogP contribution in [0.2, 0.25) is 0 Å². The molecule has 1 atom stereocenters. The molecule has 1 aromatic rings. The number of nitrogens with one attached hydrogen (secondary N) is 1. The Morgan fingerprint density at radius 3 is 2.94 bits per heavy atom. The maximum Gasteiger partial charge on any atom is 0.270 e. The minimum absolute atomic E-state index is 0.0458. The molecule has 1 amide bonds. The highest BCUT2D eigenvalue weighted by molar-refractivity contribution is 5.93. The van der Waals surface area contributed by atoms with Crippen LogP contribution in [0.15, 0.2) is 12.3 Å². The van der Waals surface area contributed by atoms with Gasteiger partial charge in [0.15, 0.2) is 0 Å². The minimum Gasteiger partial charge on any atom is -0.397 e. The van der Waals surface area contributed by atoms with Crippen LogP contribution in [0.25, 0.3) is 0 Å². The number of anilines is 1. The van der Waals surface area contributed by atoms with E-state index >= 15 is 0 Å². The zero-order chi connectivity index (χ0) is 12.4. The number of carbonyl (C=O) groups excluding carboxylic acids is 1. The monoisotopic (exact) mass is 236 g/mol. The summed E-state index contributed by atoms with van der Waals surface area (Å²) in [5.41, 5.74) is 6.81. The van der Waals surface area contributed by atoms with E-state index in [1.54, 1.807) is 12.3 Å². The van der Waals surface area contributed by atoms with Crippen LogP contribution in [-0.4, -0.2) is 53.4 Å². The van der Waals surface area contributed by atoms with E-state index < -0.39 is 0 Å². The van der Waals surface area contributed by atoms with E-state index in [4.69, 9.17) is 5.73 Å². The van der Waals surface area contributed by atoms with Crippen molar-refractivity contribution in [3.05, 3.63) is 18.0 Å². The third kappa shape index (κ3) is 2.61. The molecule has 0 aromatic carbocycles. The van der Waals surface area contributed by atoms with Crippen LogP contribution in [0.3, 0.4) is 0 Å². The number of nitrogens with two attached hydrogens (primary N) is 1. The van der Waals surface area contributed by atoms with Gasteiger partial charge in [0, 0.05) is 31.0 Å². The molecule has 5 heteroatoms. The maximum absolute atomic E-state index is 12.3. The molecule has 0 radical (unpaired) electrons. The highest BCUT2D eigenvalue weighted by Crippen LogP contribution is 2.14. The number of rotatable bonds is 1. The molecule has 0 aliphatic carbocycles. The van der Waals surface area contributed by atoms with Gasteiger partial charge in [-0.2, -0.15) is 0 Å². The molecule has 0 bridgehead atoms. The molecule has 1 saturated heterocycles. The van der Waals surface area contributed by atoms with Gasteiger partial charge in [-0.25, -0.2) is 0 Å². The van der Waals surface area contributed by atoms with Crippen LogP contribution < -0.4 is 5.73 Å². The number of carbonyl (C=O) groups is 1. The summed E-state index contributed by atoms with van der Waals surface area (Å²) in [6.45, 7) is 4.86. The van der Waals surface area contributed by atoms with Crippen molar-refractivity contribution in [1.82, 2.24) is 14.8 Å². The normalized spacial score (nSPS) is 22.5. The predicted molar refractivity (Wildman–Crippen MR) is 67.8 cm³/mol. The molecule has 1 aliphatic rings. The Bertz CT molecular complexity index is 401. The Morgan fingerprint density at radius 1 is 1.53 bits per heavy atom. The summed E-state index contributed by atoms with van der Waals surface area (Å²) < 4.78 is 0. The molecule has 0 spiro atoms. The summed E-state index contributed by atoms with van der Waals surface area (Å²) in [6.07, 6.45) is 2.67. The zero-order valence-corrected chi connectivity index (χ0v) is 10.4. The zero-order valence-electron chi connectivity index (χ0n) is 10.4. The Kier molecular flexibility index (Phi) is 3.38. The maximum atomic E-state index is 12.3. The van der Waals surface area contributed by atoms with E-state index in [1.807, 2.05) is 4.90 Å². The molecule has 1 aromatic heterocycles. The molecule has 17 heavy (non-hydrogen) atoms. The quantitative estimate of drug-likeness (QED) is 0.756. The van der Waals surface area contributed by atoms with Crippen LogP contribution in [0, 0.1) is 0 Å². The fourth-order valence-electron chi connectivity index (χ4n) is 2.36. The average molecular weight is 236 g/mol. The Balaban J connectivity index is 2.12. The lowest BCUT2D eigenvalue weighted by Gasteiger charge is -2.27. The molecule has 1 unspecified atom stereocenters. The van der Waals surface area contributed by atoms with E-state index in [0.717, 1.165) is 26.1 Å². The van der Waals surface area contributed by atoms with Gasteiger partial charge < -0.3 is 20.5 Å². The second-order valence-electron chi connectivity index (χ2n) is 4.81. The highest BCUT2D eigenvalue weighted by atomic mass is 16.2. The number of aromatic amines is 1. The van der Waals surface area contributed by atoms with Crippen molar-refractivity contribution >= 4 is 11.6 Å². The van der Waals surface area contributed by atoms with Gasteiger partial charge in [0.1, 0.15) is 5.69 Å². The molecule has 2 rings (SSSR count). The lowest BCUT2D eigenvalue weighted by Crippen LogP contribution is -2.42. The van der Waals surface area contributed by atoms with Gasteiger partial charge in [-0.1, -0.05) is 0 Å². The molecular formula is C12H20N4O. The first kappa shape index (κ1) is 12.0. The molecule has 1 fully saturated rings. The van der Waals surface area contributed by atoms with Crippen LogP contribution in [-0.2, 0) is 0 Å². The van der Waals surface area contributed by atoms with E-state index in [9.17, 15) is 4.79 Å². The number of hydrogen-bond donors (Lipinski definition) is 2. The molecule has 2 heterocycles. The standard InChI is InChI=1S/C12H20N4O/c1-9-8-15(2)4-3-5-16(9)12(17)11-6-10(13)7-14-11/h6-7,9,14H,3-5,8,13H2,1-2H3. The van der Waals surface area contributed by atoms with E-state index in [-0.39, 0.29) is 11.9 Å². The number of hydrogen-bond acceptors (Lipinski definition) is 3. The van der Waals surface area contributed by atoms with Gasteiger partial charge in [0.25, 0.3) is 5.91 Å². The first-order chi connectivity index (χ1) is 8.08. The van der Waals surface area contributed by atoms with Gasteiger partial charge in [0.05, 0.1) is 0 Å². The summed E-state index contributed by atoms with van der Waals surface area (Å²) >= 11 is 0. The second kappa shape index (κ2) is 4.79. The molecule has 94 valence electrons. The number of aromatic nitrogens is 1. The van der Waals surface area contributed by atoms with Crippen LogP contribution in [0.1, 0.15) is 23.8 Å². The largest absolute Gasteiger partial charge is 0.397 e. The van der Waals surface area contributed by atoms with Crippen LogP contribution >= 0.6 is 0 Å². The molecule has 5 nitrogen and oxygen atoms in total. The van der Waals surface area contributed by atoms with Crippen molar-refractivity contribution in [3.8, 4) is 0 Å². The fourth-order valence-corrected chi connectivity index (χ4v) is 2.36. The van der Waals surface area contributed by atoms with Crippen molar-refractivity contribution in [1.29, 1.82) is 0 Å². The number of amides is 1. The lowest BCUT2D eigenvalue weighted by atomic mass is 10.2. The smallest absolute Gasteiger partial charge is 0.270 e. The summed E-state index contributed by atoms with van der Waals surface area (Å²) in [6, 6.07) is 1.93. The Morgan fingerprint density at radius 2 is 2.29 bits per heavy atom. The first-order valence-corrected chi connectivity index (χ1v) is 6.01. The molecule has 0 saturated carbocycles. The van der Waals surface area contributed by atoms with Gasteiger partial charge in [-0.05, 0) is 33.0 Å². The van der Waals surface area contributed by atoms with Crippen molar-refractivity contribution in [2.75, 3.05) is 32.4 Å². The van der Waals surface area contributed by atoms with E-state index in [1.165, 1.54) is 0 Å². The third-order valence-electron chi connectivity index (χ3n) is 3.24. The first-order valence-electron chi connectivity index (χ1n) is 6.01. The molecule has 1 aliphatic heterocycles. The van der Waals surface area contributed by atoms with Crippen molar-refractivity contribution < 1.29 is 4.79 Å². The SMILES string of the molecule is CC1CN(C)CCCN1C(=O)c1cc(N)c[nH]1. The molecule has 3 N–H and O–H groups in total. The van der Waals surface area contributed by atoms with E-state index in [2.05, 4.69) is 23.9 Å². The van der Waals surface area contributed by atoms with Gasteiger partial charge >= 0.3 is 0 Å². The van der Waals surface area contributed by atoms with Crippen molar-refractivity contribution in [2.45, 2.75) is 19.4 Å². The topological polar surface area (TPSA) is 65.4 Å².